The number of carbonyl (C=O) groups is 2. The summed E-state index contributed by atoms with van der Waals surface area (Å²) in [5.41, 5.74) is 3.85. The molecule has 120 valence electrons. The topological polar surface area (TPSA) is 101 Å². The van der Waals surface area contributed by atoms with Crippen LogP contribution in [0, 0.1) is 0 Å². The van der Waals surface area contributed by atoms with Gasteiger partial charge in [-0.25, -0.2) is 5.48 Å². The Morgan fingerprint density at radius 2 is 1.57 bits per heavy atom. The summed E-state index contributed by atoms with van der Waals surface area (Å²) in [6.45, 7) is 1.46. The average Bonchev–Trinajstić information content (AvgIpc) is 2.59. The van der Waals surface area contributed by atoms with Gasteiger partial charge in [-0.3, -0.25) is 14.8 Å². The Kier molecular flexibility index (Phi) is 5.46. The third-order valence-corrected chi connectivity index (χ3v) is 3.43. The molecule has 0 unspecified atom stereocenters. The van der Waals surface area contributed by atoms with E-state index in [1.54, 1.807) is 12.1 Å². The Hall–Kier alpha value is -2.70. The number of nitrogens with one attached hydrogen (secondary N) is 2. The van der Waals surface area contributed by atoms with E-state index in [1.165, 1.54) is 12.4 Å². The molecule has 0 aliphatic heterocycles. The van der Waals surface area contributed by atoms with Crippen molar-refractivity contribution in [3.63, 3.8) is 0 Å². The van der Waals surface area contributed by atoms with Crippen molar-refractivity contribution in [1.29, 1.82) is 0 Å². The minimum atomic E-state index is -1.12. The predicted octanol–water partition coefficient (Wildman–Crippen LogP) is 1.07. The first-order valence-corrected chi connectivity index (χ1v) is 7.14. The van der Waals surface area contributed by atoms with Gasteiger partial charge in [0.05, 0.1) is 0 Å². The lowest BCUT2D eigenvalue weighted by Gasteiger charge is -2.16. The number of carbonyl (C=O) groups excluding carboxylic acids is 2. The van der Waals surface area contributed by atoms with Gasteiger partial charge in [0.25, 0.3) is 11.8 Å². The van der Waals surface area contributed by atoms with Crippen molar-refractivity contribution in [2.45, 2.75) is 19.1 Å². The molecule has 5 N–H and O–H groups in total. The van der Waals surface area contributed by atoms with Crippen LogP contribution in [0.5, 0.6) is 0 Å². The van der Waals surface area contributed by atoms with Crippen LogP contribution in [0.15, 0.2) is 54.6 Å². The van der Waals surface area contributed by atoms with Crippen molar-refractivity contribution >= 4 is 11.8 Å². The quantitative estimate of drug-likeness (QED) is 0.437. The van der Waals surface area contributed by atoms with Gasteiger partial charge in [-0.2, -0.15) is 0 Å². The summed E-state index contributed by atoms with van der Waals surface area (Å²) < 4.78 is 0. The lowest BCUT2D eigenvalue weighted by molar-refractivity contribution is -0.133. The van der Waals surface area contributed by atoms with Crippen molar-refractivity contribution in [2.75, 3.05) is 0 Å². The Morgan fingerprint density at radius 3 is 2.09 bits per heavy atom. The van der Waals surface area contributed by atoms with Crippen molar-refractivity contribution in [3.05, 3.63) is 60.2 Å². The van der Waals surface area contributed by atoms with Crippen LogP contribution < -0.4 is 10.8 Å². The van der Waals surface area contributed by atoms with Gasteiger partial charge in [-0.15, -0.1) is 0 Å². The fourth-order valence-corrected chi connectivity index (χ4v) is 2.16. The number of hydrogen-bond acceptors (Lipinski definition) is 3. The molecule has 2 rings (SSSR count). The molecule has 0 radical (unpaired) electrons. The number of hydrogen-bond donors (Lipinski definition) is 3. The van der Waals surface area contributed by atoms with E-state index >= 15 is 0 Å². The summed E-state index contributed by atoms with van der Waals surface area (Å²) in [5, 5.41) is 18.7. The van der Waals surface area contributed by atoms with Crippen molar-refractivity contribution in [3.8, 4) is 11.1 Å². The Morgan fingerprint density at radius 1 is 1.00 bits per heavy atom. The van der Waals surface area contributed by atoms with Gasteiger partial charge in [0.2, 0.25) is 0 Å². The molecule has 0 saturated carbocycles. The fraction of sp³-hybridized carbons (Fsp3) is 0.176. The van der Waals surface area contributed by atoms with Crippen LogP contribution in [0.3, 0.4) is 0 Å². The van der Waals surface area contributed by atoms with E-state index in [2.05, 4.69) is 5.32 Å². The lowest BCUT2D eigenvalue weighted by Crippen LogP contribution is -2.51. The van der Waals surface area contributed by atoms with Gasteiger partial charge in [0, 0.05) is 12.5 Å². The zero-order chi connectivity index (χ0) is 16.8. The van der Waals surface area contributed by atoms with E-state index in [0.717, 1.165) is 11.1 Å². The average molecular weight is 315 g/mol. The van der Waals surface area contributed by atoms with Crippen molar-refractivity contribution < 1.29 is 19.9 Å². The van der Waals surface area contributed by atoms with Gasteiger partial charge in [-0.05, 0) is 23.3 Å². The Balaban J connectivity index is 2.12. The SMILES string of the molecule is C[C@@H]([OH2+])[C@H](NC(=O)c1ccc(-c2ccccc2)cc1)C(=O)NO. The highest BCUT2D eigenvalue weighted by Crippen LogP contribution is 2.19. The highest BCUT2D eigenvalue weighted by Gasteiger charge is 2.28. The molecule has 2 aromatic carbocycles. The van der Waals surface area contributed by atoms with Crippen LogP contribution in [0.1, 0.15) is 17.3 Å². The number of benzene rings is 2. The molecular formula is C17H19N2O4+. The second-order valence-corrected chi connectivity index (χ2v) is 5.16. The van der Waals surface area contributed by atoms with Gasteiger partial charge in [0.1, 0.15) is 0 Å². The molecule has 0 saturated heterocycles. The van der Waals surface area contributed by atoms with E-state index < -0.39 is 24.0 Å². The fourth-order valence-electron chi connectivity index (χ4n) is 2.16. The summed E-state index contributed by atoms with van der Waals surface area (Å²) in [4.78, 5) is 23.6. The van der Waals surface area contributed by atoms with Gasteiger partial charge in [-0.1, -0.05) is 42.5 Å². The largest absolute Gasteiger partial charge is 0.441 e. The Bertz CT molecular complexity index is 669. The molecule has 6 nitrogen and oxygen atoms in total. The summed E-state index contributed by atoms with van der Waals surface area (Å²) in [6, 6.07) is 15.6. The van der Waals surface area contributed by atoms with E-state index in [1.807, 2.05) is 42.5 Å². The second kappa shape index (κ2) is 7.53. The third-order valence-electron chi connectivity index (χ3n) is 3.43. The molecule has 23 heavy (non-hydrogen) atoms. The molecule has 2 aromatic rings. The molecule has 2 amide bonds. The molecule has 0 fully saturated rings. The molecular weight excluding hydrogens is 296 g/mol. The highest BCUT2D eigenvalue weighted by atomic mass is 16.5. The molecule has 0 bridgehead atoms. The molecule has 0 heterocycles. The highest BCUT2D eigenvalue weighted by molar-refractivity contribution is 5.97. The number of rotatable bonds is 5. The minimum absolute atomic E-state index is 0.376. The first-order valence-electron chi connectivity index (χ1n) is 7.14. The summed E-state index contributed by atoms with van der Waals surface area (Å²) in [7, 11) is 0. The number of amides is 2. The minimum Gasteiger partial charge on any atom is -0.441 e. The monoisotopic (exact) mass is 315 g/mol. The van der Waals surface area contributed by atoms with Gasteiger partial charge < -0.3 is 10.4 Å². The van der Waals surface area contributed by atoms with Crippen LogP contribution >= 0.6 is 0 Å². The standard InChI is InChI=1S/C17H18N2O4/c1-11(20)15(17(22)19-23)18-16(21)14-9-7-13(8-10-14)12-5-3-2-4-6-12/h2-11,15,20,23H,1H3,(H,18,21)(H,19,22)/p+1/t11-,15+/m1/s1. The van der Waals surface area contributed by atoms with Gasteiger partial charge in [0.15, 0.2) is 12.1 Å². The first kappa shape index (κ1) is 16.7. The molecule has 0 aliphatic carbocycles. The maximum atomic E-state index is 12.2. The maximum absolute atomic E-state index is 12.2. The van der Waals surface area contributed by atoms with Crippen LogP contribution in [0.2, 0.25) is 0 Å². The van der Waals surface area contributed by atoms with E-state index in [-0.39, 0.29) is 0 Å². The third kappa shape index (κ3) is 4.15. The molecule has 0 aromatic heterocycles. The maximum Gasteiger partial charge on any atom is 0.274 e. The van der Waals surface area contributed by atoms with Crippen molar-refractivity contribution in [2.24, 2.45) is 0 Å². The molecule has 6 heteroatoms. The summed E-state index contributed by atoms with van der Waals surface area (Å²) in [6.07, 6.45) is -0.894. The van der Waals surface area contributed by atoms with Gasteiger partial charge >= 0.3 is 0 Å². The molecule has 0 aliphatic rings. The smallest absolute Gasteiger partial charge is 0.274 e. The number of hydroxylamine groups is 1. The van der Waals surface area contributed by atoms with Crippen LogP contribution in [0.25, 0.3) is 11.1 Å². The summed E-state index contributed by atoms with van der Waals surface area (Å²) >= 11 is 0. The van der Waals surface area contributed by atoms with E-state index in [4.69, 9.17) is 10.3 Å². The van der Waals surface area contributed by atoms with E-state index in [9.17, 15) is 9.59 Å². The summed E-state index contributed by atoms with van der Waals surface area (Å²) in [5.74, 6) is -1.29. The van der Waals surface area contributed by atoms with Crippen LogP contribution in [-0.2, 0) is 4.79 Å². The first-order chi connectivity index (χ1) is 11.0. The second-order valence-electron chi connectivity index (χ2n) is 5.16. The van der Waals surface area contributed by atoms with E-state index in [0.29, 0.717) is 5.56 Å². The Labute approximate surface area is 133 Å². The van der Waals surface area contributed by atoms with Crippen molar-refractivity contribution in [1.82, 2.24) is 10.8 Å². The predicted molar refractivity (Wildman–Crippen MR) is 86.1 cm³/mol. The van der Waals surface area contributed by atoms with Crippen LogP contribution in [0.4, 0.5) is 0 Å². The molecule has 0 spiro atoms. The van der Waals surface area contributed by atoms with Crippen LogP contribution in [-0.4, -0.2) is 34.3 Å². The lowest BCUT2D eigenvalue weighted by atomic mass is 10.0. The molecule has 2 atom stereocenters. The zero-order valence-corrected chi connectivity index (χ0v) is 12.6. The zero-order valence-electron chi connectivity index (χ0n) is 12.6. The normalized spacial score (nSPS) is 13.0.